The maximum atomic E-state index is 12.3. The van der Waals surface area contributed by atoms with Crippen LogP contribution in [0, 0.1) is 0 Å². The first kappa shape index (κ1) is 44.0. The van der Waals surface area contributed by atoms with Crippen LogP contribution in [0.1, 0.15) is 105 Å². The molecule has 10 heteroatoms. The van der Waals surface area contributed by atoms with Gasteiger partial charge in [-0.15, -0.1) is 0 Å². The molecule has 3 N–H and O–H groups in total. The summed E-state index contributed by atoms with van der Waals surface area (Å²) < 4.78 is 5.49. The highest BCUT2D eigenvalue weighted by Crippen LogP contribution is 2.29. The quantitative estimate of drug-likeness (QED) is 0.285. The van der Waals surface area contributed by atoms with E-state index in [9.17, 15) is 19.8 Å². The minimum atomic E-state index is -0.462. The van der Waals surface area contributed by atoms with Crippen LogP contribution in [0.3, 0.4) is 0 Å². The molecule has 4 atom stereocenters. The maximum absolute atomic E-state index is 12.3. The van der Waals surface area contributed by atoms with Crippen LogP contribution in [0.4, 0.5) is 4.79 Å². The first-order valence-corrected chi connectivity index (χ1v) is 18.4. The number of rotatable bonds is 5. The second-order valence-corrected chi connectivity index (χ2v) is 15.6. The number of piperidine rings is 1. The lowest BCUT2D eigenvalue weighted by Gasteiger charge is -2.39. The van der Waals surface area contributed by atoms with E-state index in [0.717, 1.165) is 87.3 Å². The second-order valence-electron chi connectivity index (χ2n) is 14.7. The van der Waals surface area contributed by atoms with Gasteiger partial charge in [0, 0.05) is 67.2 Å². The predicted molar refractivity (Wildman–Crippen MR) is 206 cm³/mol. The highest BCUT2D eigenvalue weighted by atomic mass is 35.5. The van der Waals surface area contributed by atoms with Gasteiger partial charge < -0.3 is 25.2 Å². The third-order valence-electron chi connectivity index (χ3n) is 9.41. The highest BCUT2D eigenvalue weighted by Gasteiger charge is 2.38. The lowest BCUT2D eigenvalue weighted by molar-refractivity contribution is -0.120. The fourth-order valence-corrected chi connectivity index (χ4v) is 7.22. The molecule has 2 aromatic rings. The molecule has 1 saturated carbocycles. The number of ether oxygens (including phenoxy) is 1. The maximum Gasteiger partial charge on any atom is 0.410 e. The number of benzene rings is 2. The van der Waals surface area contributed by atoms with Gasteiger partial charge in [0.2, 0.25) is 0 Å². The van der Waals surface area contributed by atoms with E-state index >= 15 is 0 Å². The number of aliphatic hydroxyl groups is 2. The van der Waals surface area contributed by atoms with E-state index in [-0.39, 0.29) is 33.2 Å². The van der Waals surface area contributed by atoms with E-state index in [1.807, 2.05) is 62.1 Å². The van der Waals surface area contributed by atoms with Crippen LogP contribution >= 0.6 is 23.2 Å². The number of halogens is 2. The standard InChI is InChI=1S/C21H31ClN2O3.C11H14ClNO.C6H10O.2CH4/c1-21(2,3)27-20(26)23-10-8-17(9-11-23)24-14-19(25)13-18(24)12-15-4-6-16(22)7-5-15;12-9-3-1-8(2-4-9)5-10-6-11(14)7-13-10;7-6-4-2-1-3-5-6;;/h4-7,17-19,25H,8-14H2,1-3H3;1-4,10-11,13-14H,5-7H2;1-5H2;2*1H4/t18?,19-;10-,11-;;;/m00.../s1. The van der Waals surface area contributed by atoms with Crippen molar-refractivity contribution in [2.75, 3.05) is 26.2 Å². The zero-order valence-corrected chi connectivity index (χ0v) is 30.4. The summed E-state index contributed by atoms with van der Waals surface area (Å²) in [7, 11) is 0. The Morgan fingerprint density at radius 2 is 1.38 bits per heavy atom. The van der Waals surface area contributed by atoms with Crippen LogP contribution in [0.25, 0.3) is 0 Å². The van der Waals surface area contributed by atoms with Crippen molar-refractivity contribution in [1.82, 2.24) is 15.1 Å². The number of hydrogen-bond acceptors (Lipinski definition) is 7. The average molecular weight is 737 g/mol. The second kappa shape index (κ2) is 21.4. The molecule has 6 rings (SSSR count). The van der Waals surface area contributed by atoms with Crippen molar-refractivity contribution in [3.8, 4) is 0 Å². The molecule has 8 nitrogen and oxygen atoms in total. The predicted octanol–water partition coefficient (Wildman–Crippen LogP) is 8.11. The van der Waals surface area contributed by atoms with Crippen LogP contribution in [0.2, 0.25) is 10.0 Å². The number of carbonyl (C=O) groups is 2. The SMILES string of the molecule is C.C.CC(C)(C)OC(=O)N1CCC(N2C[C@@H](O)CC2Cc2ccc(Cl)cc2)CC1.O=C1CCCCC1.O[C@@H]1CN[C@@H](Cc2ccc(Cl)cc2)C1. The minimum absolute atomic E-state index is 0. The first-order valence-electron chi connectivity index (χ1n) is 17.7. The fourth-order valence-electron chi connectivity index (χ4n) is 6.97. The Kier molecular flexibility index (Phi) is 18.8. The van der Waals surface area contributed by atoms with E-state index in [0.29, 0.717) is 37.0 Å². The normalized spacial score (nSPS) is 24.1. The monoisotopic (exact) mass is 735 g/mol. The number of ketones is 1. The summed E-state index contributed by atoms with van der Waals surface area (Å²) in [5, 5.41) is 24.4. The van der Waals surface area contributed by atoms with E-state index in [2.05, 4.69) is 22.3 Å². The molecule has 3 heterocycles. The molecular formula is C40H63Cl2N3O5. The molecule has 1 unspecified atom stereocenters. The Hall–Kier alpha value is -2.20. The number of nitrogens with one attached hydrogen (secondary N) is 1. The van der Waals surface area contributed by atoms with Crippen molar-refractivity contribution in [2.45, 2.75) is 142 Å². The third kappa shape index (κ3) is 15.2. The van der Waals surface area contributed by atoms with Crippen molar-refractivity contribution in [1.29, 1.82) is 0 Å². The summed E-state index contributed by atoms with van der Waals surface area (Å²) in [6.45, 7) is 8.53. The molecule has 1 amide bonds. The zero-order chi connectivity index (χ0) is 34.7. The van der Waals surface area contributed by atoms with Gasteiger partial charge in [0.1, 0.15) is 11.4 Å². The summed E-state index contributed by atoms with van der Waals surface area (Å²) in [4.78, 5) is 27.0. The number of Topliss-reactive ketones (excluding diaryl/α,β-unsaturated/α-hetero) is 1. The van der Waals surface area contributed by atoms with Crippen LogP contribution in [0.5, 0.6) is 0 Å². The number of carbonyl (C=O) groups excluding carboxylic acids is 2. The summed E-state index contributed by atoms with van der Waals surface area (Å²) in [5.74, 6) is 0.464. The van der Waals surface area contributed by atoms with E-state index in [1.54, 1.807) is 0 Å². The number of hydrogen-bond donors (Lipinski definition) is 3. The third-order valence-corrected chi connectivity index (χ3v) is 9.91. The van der Waals surface area contributed by atoms with Crippen molar-refractivity contribution in [2.24, 2.45) is 0 Å². The minimum Gasteiger partial charge on any atom is -0.444 e. The molecule has 0 aromatic heterocycles. The van der Waals surface area contributed by atoms with Crippen LogP contribution in [-0.2, 0) is 22.4 Å². The van der Waals surface area contributed by atoms with Gasteiger partial charge in [-0.3, -0.25) is 9.69 Å². The summed E-state index contributed by atoms with van der Waals surface area (Å²) in [5.41, 5.74) is 2.05. The Bertz CT molecular complexity index is 1270. The van der Waals surface area contributed by atoms with Gasteiger partial charge in [-0.1, -0.05) is 68.7 Å². The number of likely N-dealkylation sites (tertiary alicyclic amines) is 2. The molecule has 282 valence electrons. The zero-order valence-electron chi connectivity index (χ0n) is 28.9. The van der Waals surface area contributed by atoms with Crippen molar-refractivity contribution in [3.05, 3.63) is 69.7 Å². The molecule has 4 fully saturated rings. The number of amides is 1. The molecule has 0 spiro atoms. The van der Waals surface area contributed by atoms with Gasteiger partial charge in [0.05, 0.1) is 12.2 Å². The molecule has 0 bridgehead atoms. The lowest BCUT2D eigenvalue weighted by atomic mass is 9.99. The van der Waals surface area contributed by atoms with E-state index < -0.39 is 5.60 Å². The van der Waals surface area contributed by atoms with E-state index in [4.69, 9.17) is 27.9 Å². The van der Waals surface area contributed by atoms with Gasteiger partial charge >= 0.3 is 6.09 Å². The molecule has 50 heavy (non-hydrogen) atoms. The number of aliphatic hydroxyl groups excluding tert-OH is 2. The van der Waals surface area contributed by atoms with Crippen LogP contribution in [0.15, 0.2) is 48.5 Å². The molecule has 3 aliphatic heterocycles. The van der Waals surface area contributed by atoms with Crippen LogP contribution < -0.4 is 5.32 Å². The van der Waals surface area contributed by atoms with Crippen molar-refractivity contribution >= 4 is 35.1 Å². The lowest BCUT2D eigenvalue weighted by Crippen LogP contribution is -2.49. The molecule has 0 radical (unpaired) electrons. The Morgan fingerprint density at radius 1 is 0.840 bits per heavy atom. The molecule has 3 saturated heterocycles. The van der Waals surface area contributed by atoms with Gasteiger partial charge in [-0.2, -0.15) is 0 Å². The van der Waals surface area contributed by atoms with Gasteiger partial charge in [0.15, 0.2) is 0 Å². The van der Waals surface area contributed by atoms with Gasteiger partial charge in [-0.25, -0.2) is 4.79 Å². The van der Waals surface area contributed by atoms with Crippen molar-refractivity contribution in [3.63, 3.8) is 0 Å². The summed E-state index contributed by atoms with van der Waals surface area (Å²) in [6.07, 6.45) is 9.94. The summed E-state index contributed by atoms with van der Waals surface area (Å²) >= 11 is 11.8. The first-order chi connectivity index (χ1) is 22.8. The fraction of sp³-hybridized carbons (Fsp3) is 0.650. The number of β-amino-alcohol motifs (C(OH)–C–C–N with tert-alkyl or cyclic N) is 2. The molecule has 2 aromatic carbocycles. The largest absolute Gasteiger partial charge is 0.444 e. The molecule has 4 aliphatic rings. The Balaban J connectivity index is 0.000000313. The molecular weight excluding hydrogens is 673 g/mol. The smallest absolute Gasteiger partial charge is 0.410 e. The Labute approximate surface area is 311 Å². The van der Waals surface area contributed by atoms with Crippen LogP contribution in [-0.4, -0.2) is 94.0 Å². The highest BCUT2D eigenvalue weighted by molar-refractivity contribution is 6.30. The van der Waals surface area contributed by atoms with E-state index in [1.165, 1.54) is 17.5 Å². The van der Waals surface area contributed by atoms with Crippen molar-refractivity contribution < 1.29 is 24.5 Å². The number of nitrogens with zero attached hydrogens (tertiary/aromatic N) is 2. The van der Waals surface area contributed by atoms with Gasteiger partial charge in [-0.05, 0) is 108 Å². The summed E-state index contributed by atoms with van der Waals surface area (Å²) in [6, 6.07) is 17.0. The molecule has 1 aliphatic carbocycles. The average Bonchev–Trinajstić information content (AvgIpc) is 3.63. The van der Waals surface area contributed by atoms with Gasteiger partial charge in [0.25, 0.3) is 0 Å². The Morgan fingerprint density at radius 3 is 1.84 bits per heavy atom. The topological polar surface area (TPSA) is 102 Å².